The summed E-state index contributed by atoms with van der Waals surface area (Å²) < 4.78 is 31.0. The highest BCUT2D eigenvalue weighted by Gasteiger charge is 2.24. The van der Waals surface area contributed by atoms with E-state index in [2.05, 4.69) is 9.82 Å². The zero-order valence-electron chi connectivity index (χ0n) is 16.4. The Kier molecular flexibility index (Phi) is 5.92. The maximum atomic E-state index is 13.3. The van der Waals surface area contributed by atoms with Crippen LogP contribution < -0.4 is 4.72 Å². The second-order valence-corrected chi connectivity index (χ2v) is 9.26. The number of hydrogen-bond donors (Lipinski definition) is 1. The number of nitrogens with one attached hydrogen (secondary N) is 1. The van der Waals surface area contributed by atoms with E-state index in [0.717, 1.165) is 16.0 Å². The summed E-state index contributed by atoms with van der Waals surface area (Å²) >= 11 is 1.56. The Hall–Kier alpha value is -3.03. The smallest absolute Gasteiger partial charge is 0.265 e. The molecule has 1 aromatic heterocycles. The van der Waals surface area contributed by atoms with Crippen molar-refractivity contribution in [3.05, 3.63) is 96.7 Å². The zero-order chi connectivity index (χ0) is 21.0. The summed E-state index contributed by atoms with van der Waals surface area (Å²) in [6.45, 7) is 0.484. The van der Waals surface area contributed by atoms with Crippen LogP contribution in [0.5, 0.6) is 0 Å². The summed E-state index contributed by atoms with van der Waals surface area (Å²) in [7, 11) is -3.83. The molecule has 0 amide bonds. The van der Waals surface area contributed by atoms with Gasteiger partial charge >= 0.3 is 0 Å². The van der Waals surface area contributed by atoms with Crippen molar-refractivity contribution in [3.8, 4) is 11.3 Å². The molecular weight excluding hydrogens is 414 g/mol. The second kappa shape index (κ2) is 8.77. The Labute approximate surface area is 180 Å². The van der Waals surface area contributed by atoms with Gasteiger partial charge in [0.15, 0.2) is 0 Å². The van der Waals surface area contributed by atoms with Gasteiger partial charge in [-0.05, 0) is 30.0 Å². The summed E-state index contributed by atoms with van der Waals surface area (Å²) in [6, 6.07) is 26.5. The van der Waals surface area contributed by atoms with Crippen LogP contribution in [-0.4, -0.2) is 24.5 Å². The van der Waals surface area contributed by atoms with Gasteiger partial charge in [-0.2, -0.15) is 5.10 Å². The van der Waals surface area contributed by atoms with E-state index in [1.807, 2.05) is 85.1 Å². The standard InChI is InChI=1S/C23H21N3O2S2/c1-29-21-14-8-13-20(15-21)25-30(27,28)22-17-26(16-18-9-4-2-5-10-18)24-23(22)19-11-6-3-7-12-19/h2-15,17,25H,16H2,1H3. The first-order valence-corrected chi connectivity index (χ1v) is 12.1. The third-order valence-electron chi connectivity index (χ3n) is 4.57. The monoisotopic (exact) mass is 435 g/mol. The summed E-state index contributed by atoms with van der Waals surface area (Å²) in [4.78, 5) is 1.14. The van der Waals surface area contributed by atoms with Crippen LogP contribution in [0.15, 0.2) is 101 Å². The van der Waals surface area contributed by atoms with Gasteiger partial charge in [-0.1, -0.05) is 66.7 Å². The lowest BCUT2D eigenvalue weighted by Gasteiger charge is -2.09. The lowest BCUT2D eigenvalue weighted by Crippen LogP contribution is -2.13. The normalized spacial score (nSPS) is 11.4. The van der Waals surface area contributed by atoms with Gasteiger partial charge in [0.1, 0.15) is 10.6 Å². The fraction of sp³-hybridized carbons (Fsp3) is 0.0870. The van der Waals surface area contributed by atoms with E-state index in [-0.39, 0.29) is 4.90 Å². The van der Waals surface area contributed by atoms with E-state index < -0.39 is 10.0 Å². The van der Waals surface area contributed by atoms with Crippen LogP contribution in [0.1, 0.15) is 5.56 Å². The molecule has 0 aliphatic carbocycles. The number of sulfonamides is 1. The molecule has 0 aliphatic heterocycles. The topological polar surface area (TPSA) is 64.0 Å². The molecule has 0 atom stereocenters. The van der Waals surface area contributed by atoms with Crippen molar-refractivity contribution in [2.75, 3.05) is 11.0 Å². The van der Waals surface area contributed by atoms with Crippen LogP contribution in [-0.2, 0) is 16.6 Å². The maximum Gasteiger partial charge on any atom is 0.265 e. The minimum atomic E-state index is -3.83. The third kappa shape index (κ3) is 4.58. The fourth-order valence-electron chi connectivity index (χ4n) is 3.14. The predicted molar refractivity (Wildman–Crippen MR) is 122 cm³/mol. The van der Waals surface area contributed by atoms with E-state index in [1.165, 1.54) is 0 Å². The summed E-state index contributed by atoms with van der Waals surface area (Å²) in [5.74, 6) is 0. The molecule has 4 rings (SSSR count). The first kappa shape index (κ1) is 20.3. The molecule has 30 heavy (non-hydrogen) atoms. The number of thioether (sulfide) groups is 1. The van der Waals surface area contributed by atoms with Crippen LogP contribution >= 0.6 is 11.8 Å². The Morgan fingerprint density at radius 2 is 1.63 bits per heavy atom. The van der Waals surface area contributed by atoms with Crippen molar-refractivity contribution in [1.82, 2.24) is 9.78 Å². The average Bonchev–Trinajstić information content (AvgIpc) is 3.20. The highest BCUT2D eigenvalue weighted by atomic mass is 32.2. The molecule has 7 heteroatoms. The number of aromatic nitrogens is 2. The molecule has 0 saturated carbocycles. The van der Waals surface area contributed by atoms with Crippen LogP contribution in [0.3, 0.4) is 0 Å². The number of hydrogen-bond acceptors (Lipinski definition) is 4. The van der Waals surface area contributed by atoms with Crippen LogP contribution in [0.2, 0.25) is 0 Å². The van der Waals surface area contributed by atoms with E-state index in [0.29, 0.717) is 17.9 Å². The third-order valence-corrected chi connectivity index (χ3v) is 6.68. The lowest BCUT2D eigenvalue weighted by molar-refractivity contribution is 0.601. The van der Waals surface area contributed by atoms with E-state index >= 15 is 0 Å². The highest BCUT2D eigenvalue weighted by molar-refractivity contribution is 7.98. The number of rotatable bonds is 7. The highest BCUT2D eigenvalue weighted by Crippen LogP contribution is 2.28. The van der Waals surface area contributed by atoms with E-state index in [4.69, 9.17) is 0 Å². The average molecular weight is 436 g/mol. The Morgan fingerprint density at radius 1 is 0.933 bits per heavy atom. The molecule has 0 radical (unpaired) electrons. The summed E-state index contributed by atoms with van der Waals surface area (Å²) in [5, 5.41) is 4.61. The van der Waals surface area contributed by atoms with Crippen LogP contribution in [0, 0.1) is 0 Å². The van der Waals surface area contributed by atoms with Gasteiger partial charge in [0, 0.05) is 22.3 Å². The first-order chi connectivity index (χ1) is 14.5. The molecule has 0 spiro atoms. The molecular formula is C23H21N3O2S2. The molecule has 1 heterocycles. The molecule has 0 bridgehead atoms. The van der Waals surface area contributed by atoms with Gasteiger partial charge in [-0.25, -0.2) is 8.42 Å². The van der Waals surface area contributed by atoms with Gasteiger partial charge in [0.05, 0.1) is 6.54 Å². The second-order valence-electron chi connectivity index (χ2n) is 6.73. The van der Waals surface area contributed by atoms with Crippen molar-refractivity contribution in [1.29, 1.82) is 0 Å². The molecule has 1 N–H and O–H groups in total. The number of nitrogens with zero attached hydrogens (tertiary/aromatic N) is 2. The van der Waals surface area contributed by atoms with Crippen molar-refractivity contribution < 1.29 is 8.42 Å². The predicted octanol–water partition coefficient (Wildman–Crippen LogP) is 5.12. The van der Waals surface area contributed by atoms with Crippen LogP contribution in [0.4, 0.5) is 5.69 Å². The van der Waals surface area contributed by atoms with Crippen molar-refractivity contribution in [2.45, 2.75) is 16.3 Å². The van der Waals surface area contributed by atoms with Gasteiger partial charge < -0.3 is 0 Å². The largest absolute Gasteiger partial charge is 0.279 e. The van der Waals surface area contributed by atoms with Gasteiger partial charge in [-0.15, -0.1) is 11.8 Å². The number of anilines is 1. The molecule has 152 valence electrons. The minimum absolute atomic E-state index is 0.152. The molecule has 0 unspecified atom stereocenters. The first-order valence-electron chi connectivity index (χ1n) is 9.39. The summed E-state index contributed by atoms with van der Waals surface area (Å²) in [5.41, 5.74) is 2.75. The molecule has 0 fully saturated rings. The van der Waals surface area contributed by atoms with Gasteiger partial charge in [0.25, 0.3) is 10.0 Å². The number of benzene rings is 3. The molecule has 0 aliphatic rings. The minimum Gasteiger partial charge on any atom is -0.279 e. The quantitative estimate of drug-likeness (QED) is 0.409. The van der Waals surface area contributed by atoms with E-state index in [1.54, 1.807) is 28.7 Å². The zero-order valence-corrected chi connectivity index (χ0v) is 18.0. The Balaban J connectivity index is 1.74. The SMILES string of the molecule is CSc1cccc(NS(=O)(=O)c2cn(Cc3ccccc3)nc2-c2ccccc2)c1. The molecule has 5 nitrogen and oxygen atoms in total. The van der Waals surface area contributed by atoms with Crippen molar-refractivity contribution in [2.24, 2.45) is 0 Å². The van der Waals surface area contributed by atoms with Gasteiger partial charge in [0.2, 0.25) is 0 Å². The van der Waals surface area contributed by atoms with E-state index in [9.17, 15) is 8.42 Å². The van der Waals surface area contributed by atoms with Crippen molar-refractivity contribution in [3.63, 3.8) is 0 Å². The molecule has 3 aromatic carbocycles. The van der Waals surface area contributed by atoms with Crippen LogP contribution in [0.25, 0.3) is 11.3 Å². The molecule has 0 saturated heterocycles. The Morgan fingerprint density at radius 3 is 2.33 bits per heavy atom. The Bertz CT molecular complexity index is 1240. The fourth-order valence-corrected chi connectivity index (χ4v) is 4.82. The lowest BCUT2D eigenvalue weighted by atomic mass is 10.2. The summed E-state index contributed by atoms with van der Waals surface area (Å²) in [6.07, 6.45) is 3.55. The van der Waals surface area contributed by atoms with Crippen molar-refractivity contribution >= 4 is 27.5 Å². The molecule has 4 aromatic rings. The maximum absolute atomic E-state index is 13.3. The van der Waals surface area contributed by atoms with Gasteiger partial charge in [-0.3, -0.25) is 9.40 Å².